The fourth-order valence-electron chi connectivity index (χ4n) is 2.29. The second kappa shape index (κ2) is 6.55. The van der Waals surface area contributed by atoms with E-state index in [-0.39, 0.29) is 11.9 Å². The Hall–Kier alpha value is -0.580. The quantitative estimate of drug-likeness (QED) is 0.886. The van der Waals surface area contributed by atoms with Crippen molar-refractivity contribution < 1.29 is 9.13 Å². The van der Waals surface area contributed by atoms with E-state index in [4.69, 9.17) is 4.74 Å². The molecule has 2 atom stereocenters. The van der Waals surface area contributed by atoms with Crippen molar-refractivity contribution >= 4 is 11.8 Å². The van der Waals surface area contributed by atoms with Crippen molar-refractivity contribution in [2.24, 2.45) is 5.92 Å². The van der Waals surface area contributed by atoms with Gasteiger partial charge in [0.05, 0.1) is 0 Å². The third kappa shape index (κ3) is 3.25. The lowest BCUT2D eigenvalue weighted by Crippen LogP contribution is -2.30. The minimum absolute atomic E-state index is 0.0889. The van der Waals surface area contributed by atoms with Gasteiger partial charge in [0.15, 0.2) is 0 Å². The van der Waals surface area contributed by atoms with Gasteiger partial charge >= 0.3 is 0 Å². The molecule has 1 aliphatic heterocycles. The summed E-state index contributed by atoms with van der Waals surface area (Å²) in [5.41, 5.74) is 1.11. The Balaban J connectivity index is 2.02. The number of hydrogen-bond acceptors (Lipinski definition) is 3. The van der Waals surface area contributed by atoms with E-state index in [9.17, 15) is 4.39 Å². The lowest BCUT2D eigenvalue weighted by atomic mass is 10.0. The summed E-state index contributed by atoms with van der Waals surface area (Å²) in [5.74, 6) is 1.36. The number of ether oxygens (including phenoxy) is 1. The number of thioether (sulfide) groups is 1. The zero-order chi connectivity index (χ0) is 13.0. The van der Waals surface area contributed by atoms with Crippen molar-refractivity contribution in [2.75, 3.05) is 26.0 Å². The summed E-state index contributed by atoms with van der Waals surface area (Å²) in [5, 5.41) is 3.53. The van der Waals surface area contributed by atoms with Crippen LogP contribution in [0.1, 0.15) is 24.9 Å². The van der Waals surface area contributed by atoms with Crippen LogP contribution in [0.3, 0.4) is 0 Å². The van der Waals surface area contributed by atoms with Crippen LogP contribution in [-0.4, -0.2) is 26.0 Å². The summed E-state index contributed by atoms with van der Waals surface area (Å²) in [6, 6.07) is 5.65. The van der Waals surface area contributed by atoms with Crippen molar-refractivity contribution in [3.8, 4) is 0 Å². The van der Waals surface area contributed by atoms with Gasteiger partial charge in [0.1, 0.15) is 5.82 Å². The van der Waals surface area contributed by atoms with Crippen molar-refractivity contribution in [1.29, 1.82) is 0 Å². The molecule has 1 aliphatic rings. The Morgan fingerprint density at radius 2 is 2.39 bits per heavy atom. The van der Waals surface area contributed by atoms with E-state index in [1.807, 2.05) is 6.07 Å². The number of benzene rings is 1. The van der Waals surface area contributed by atoms with Gasteiger partial charge in [-0.05, 0) is 29.7 Å². The Morgan fingerprint density at radius 3 is 3.17 bits per heavy atom. The van der Waals surface area contributed by atoms with Gasteiger partial charge in [0.2, 0.25) is 0 Å². The monoisotopic (exact) mass is 269 g/mol. The van der Waals surface area contributed by atoms with Crippen molar-refractivity contribution in [1.82, 2.24) is 5.32 Å². The molecule has 0 aromatic heterocycles. The molecular formula is C14H20FNOS. The predicted octanol–water partition coefficient (Wildman–Crippen LogP) is 3.23. The van der Waals surface area contributed by atoms with Crippen molar-refractivity contribution in [3.05, 3.63) is 29.6 Å². The number of fused-ring (bicyclic) bond motifs is 1. The molecule has 2 unspecified atom stereocenters. The van der Waals surface area contributed by atoms with Crippen LogP contribution < -0.4 is 5.32 Å². The highest BCUT2D eigenvalue weighted by Gasteiger charge is 2.22. The van der Waals surface area contributed by atoms with Gasteiger partial charge in [-0.25, -0.2) is 4.39 Å². The summed E-state index contributed by atoms with van der Waals surface area (Å²) >= 11 is 1.62. The fourth-order valence-corrected chi connectivity index (χ4v) is 3.43. The van der Waals surface area contributed by atoms with Gasteiger partial charge in [-0.15, -0.1) is 11.8 Å². The molecule has 2 rings (SSSR count). The minimum Gasteiger partial charge on any atom is -0.384 e. The molecule has 1 aromatic carbocycles. The van der Waals surface area contributed by atoms with Gasteiger partial charge in [-0.1, -0.05) is 19.1 Å². The van der Waals surface area contributed by atoms with Crippen LogP contribution in [0, 0.1) is 11.7 Å². The highest BCUT2D eigenvalue weighted by atomic mass is 32.2. The molecule has 0 amide bonds. The molecule has 0 saturated carbocycles. The smallest absolute Gasteiger partial charge is 0.137 e. The molecule has 1 aromatic rings. The first-order valence-electron chi connectivity index (χ1n) is 6.36. The van der Waals surface area contributed by atoms with Crippen LogP contribution in [0.4, 0.5) is 4.39 Å². The van der Waals surface area contributed by atoms with E-state index in [2.05, 4.69) is 12.2 Å². The summed E-state index contributed by atoms with van der Waals surface area (Å²) in [6.45, 7) is 3.81. The minimum atomic E-state index is -0.0889. The molecule has 1 N–H and O–H groups in total. The fraction of sp³-hybridized carbons (Fsp3) is 0.571. The van der Waals surface area contributed by atoms with E-state index >= 15 is 0 Å². The normalized spacial score (nSPS) is 20.5. The first-order valence-corrected chi connectivity index (χ1v) is 7.34. The van der Waals surface area contributed by atoms with E-state index in [1.165, 1.54) is 0 Å². The second-order valence-corrected chi connectivity index (χ2v) is 5.92. The van der Waals surface area contributed by atoms with Crippen LogP contribution in [0.2, 0.25) is 0 Å². The number of rotatable bonds is 5. The number of hydrogen-bond donors (Lipinski definition) is 1. The standard InChI is InChI=1S/C14H20FNOS/c1-10(9-17-2)8-16-13-6-7-18-14-11(13)4-3-5-12(14)15/h3-5,10,13,16H,6-9H2,1-2H3. The van der Waals surface area contributed by atoms with E-state index < -0.39 is 0 Å². The first kappa shape index (κ1) is 13.8. The average molecular weight is 269 g/mol. The second-order valence-electron chi connectivity index (χ2n) is 4.82. The third-order valence-electron chi connectivity index (χ3n) is 3.19. The van der Waals surface area contributed by atoms with Gasteiger partial charge in [-0.3, -0.25) is 0 Å². The molecule has 1 heterocycles. The summed E-state index contributed by atoms with van der Waals surface area (Å²) in [6.07, 6.45) is 1.06. The largest absolute Gasteiger partial charge is 0.384 e. The summed E-state index contributed by atoms with van der Waals surface area (Å²) < 4.78 is 18.8. The zero-order valence-corrected chi connectivity index (χ0v) is 11.7. The molecular weight excluding hydrogens is 249 g/mol. The first-order chi connectivity index (χ1) is 8.72. The molecule has 0 spiro atoms. The van der Waals surface area contributed by atoms with Crippen LogP contribution in [0.15, 0.2) is 23.1 Å². The molecule has 0 saturated heterocycles. The summed E-state index contributed by atoms with van der Waals surface area (Å²) in [7, 11) is 1.72. The Bertz CT molecular complexity index is 399. The van der Waals surface area contributed by atoms with E-state index in [0.717, 1.165) is 35.8 Å². The van der Waals surface area contributed by atoms with Crippen LogP contribution in [0.5, 0.6) is 0 Å². The Kier molecular flexibility index (Phi) is 5.03. The van der Waals surface area contributed by atoms with E-state index in [0.29, 0.717) is 5.92 Å². The highest BCUT2D eigenvalue weighted by molar-refractivity contribution is 7.99. The third-order valence-corrected chi connectivity index (χ3v) is 4.35. The van der Waals surface area contributed by atoms with Gasteiger partial charge in [0, 0.05) is 31.2 Å². The Labute approximate surface area is 112 Å². The summed E-state index contributed by atoms with van der Waals surface area (Å²) in [4.78, 5) is 0.820. The lowest BCUT2D eigenvalue weighted by molar-refractivity contribution is 0.156. The van der Waals surface area contributed by atoms with E-state index in [1.54, 1.807) is 31.0 Å². The van der Waals surface area contributed by atoms with Gasteiger partial charge in [-0.2, -0.15) is 0 Å². The molecule has 4 heteroatoms. The van der Waals surface area contributed by atoms with Gasteiger partial charge in [0.25, 0.3) is 0 Å². The zero-order valence-electron chi connectivity index (χ0n) is 10.9. The molecule has 2 nitrogen and oxygen atoms in total. The lowest BCUT2D eigenvalue weighted by Gasteiger charge is -2.27. The van der Waals surface area contributed by atoms with Gasteiger partial charge < -0.3 is 10.1 Å². The predicted molar refractivity (Wildman–Crippen MR) is 73.5 cm³/mol. The molecule has 100 valence electrons. The molecule has 0 aliphatic carbocycles. The van der Waals surface area contributed by atoms with Crippen LogP contribution >= 0.6 is 11.8 Å². The average Bonchev–Trinajstić information content (AvgIpc) is 2.37. The molecule has 0 fully saturated rings. The SMILES string of the molecule is COCC(C)CNC1CCSc2c(F)cccc21. The Morgan fingerprint density at radius 1 is 1.56 bits per heavy atom. The number of nitrogens with one attached hydrogen (secondary N) is 1. The van der Waals surface area contributed by atoms with Crippen molar-refractivity contribution in [3.63, 3.8) is 0 Å². The molecule has 18 heavy (non-hydrogen) atoms. The number of methoxy groups -OCH3 is 1. The highest BCUT2D eigenvalue weighted by Crippen LogP contribution is 2.37. The maximum Gasteiger partial charge on any atom is 0.137 e. The maximum atomic E-state index is 13.7. The van der Waals surface area contributed by atoms with Crippen molar-refractivity contribution in [2.45, 2.75) is 24.3 Å². The van der Waals surface area contributed by atoms with Crippen LogP contribution in [-0.2, 0) is 4.74 Å². The number of halogens is 1. The molecule has 0 radical (unpaired) electrons. The maximum absolute atomic E-state index is 13.7. The topological polar surface area (TPSA) is 21.3 Å². The van der Waals surface area contributed by atoms with Crippen LogP contribution in [0.25, 0.3) is 0 Å². The molecule has 0 bridgehead atoms.